The van der Waals surface area contributed by atoms with Gasteiger partial charge in [-0.2, -0.15) is 0 Å². The van der Waals surface area contributed by atoms with Crippen LogP contribution in [-0.4, -0.2) is 46.7 Å². The molecule has 4 unspecified atom stereocenters. The molecular formula is C24H42O4S4. The standard InChI is InChI=1S/C24H42O4S4/c1-3-9-22(28-24(26)13-8-6-11-21-15-17-30-32-21)19(4-2)18-27-23(25)12-7-5-10-20-14-16-29-31-20/h19-22H,3-18H2,1-2H3. The second-order valence-corrected chi connectivity index (χ2v) is 14.4. The fourth-order valence-electron chi connectivity index (χ4n) is 4.07. The summed E-state index contributed by atoms with van der Waals surface area (Å²) in [5.41, 5.74) is 0. The topological polar surface area (TPSA) is 52.6 Å². The van der Waals surface area contributed by atoms with Gasteiger partial charge < -0.3 is 9.47 Å². The maximum Gasteiger partial charge on any atom is 0.306 e. The molecule has 0 spiro atoms. The summed E-state index contributed by atoms with van der Waals surface area (Å²) >= 11 is 0. The number of ether oxygens (including phenoxy) is 2. The summed E-state index contributed by atoms with van der Waals surface area (Å²) in [6.45, 7) is 4.56. The van der Waals surface area contributed by atoms with Crippen molar-refractivity contribution in [1.82, 2.24) is 0 Å². The first-order valence-electron chi connectivity index (χ1n) is 12.5. The summed E-state index contributed by atoms with van der Waals surface area (Å²) in [5, 5.41) is 1.54. The van der Waals surface area contributed by atoms with E-state index < -0.39 is 0 Å². The Balaban J connectivity index is 1.61. The van der Waals surface area contributed by atoms with Gasteiger partial charge in [0.25, 0.3) is 0 Å². The second kappa shape index (κ2) is 17.7. The van der Waals surface area contributed by atoms with Gasteiger partial charge >= 0.3 is 11.9 Å². The van der Waals surface area contributed by atoms with Crippen molar-refractivity contribution in [2.75, 3.05) is 18.1 Å². The van der Waals surface area contributed by atoms with E-state index in [0.717, 1.165) is 55.4 Å². The Bertz CT molecular complexity index is 522. The molecule has 0 aromatic heterocycles. The number of unbranched alkanes of at least 4 members (excludes halogenated alkanes) is 2. The molecule has 0 aromatic carbocycles. The van der Waals surface area contributed by atoms with Gasteiger partial charge in [0.15, 0.2) is 0 Å². The average molecular weight is 523 g/mol. The minimum absolute atomic E-state index is 0.0849. The fraction of sp³-hybridized carbons (Fsp3) is 0.917. The third-order valence-electron chi connectivity index (χ3n) is 6.13. The maximum atomic E-state index is 12.4. The van der Waals surface area contributed by atoms with Gasteiger partial charge in [0.1, 0.15) is 6.10 Å². The van der Waals surface area contributed by atoms with Gasteiger partial charge in [0, 0.05) is 40.8 Å². The SMILES string of the molecule is CCCC(OC(=O)CCCCC1CCSS1)C(CC)COC(=O)CCCCC1CCSS1. The van der Waals surface area contributed by atoms with Gasteiger partial charge in [-0.3, -0.25) is 9.59 Å². The number of esters is 2. The highest BCUT2D eigenvalue weighted by Gasteiger charge is 2.25. The van der Waals surface area contributed by atoms with E-state index in [1.807, 2.05) is 43.2 Å². The average Bonchev–Trinajstić information content (AvgIpc) is 3.49. The van der Waals surface area contributed by atoms with Gasteiger partial charge in [-0.15, -0.1) is 0 Å². The first kappa shape index (κ1) is 28.6. The highest BCUT2D eigenvalue weighted by atomic mass is 33.1. The van der Waals surface area contributed by atoms with Crippen molar-refractivity contribution in [1.29, 1.82) is 0 Å². The monoisotopic (exact) mass is 522 g/mol. The van der Waals surface area contributed by atoms with Gasteiger partial charge in [-0.05, 0) is 51.4 Å². The zero-order chi connectivity index (χ0) is 23.0. The van der Waals surface area contributed by atoms with Crippen molar-refractivity contribution in [3.63, 3.8) is 0 Å². The lowest BCUT2D eigenvalue weighted by molar-refractivity contribution is -0.156. The molecule has 4 atom stereocenters. The predicted molar refractivity (Wildman–Crippen MR) is 143 cm³/mol. The quantitative estimate of drug-likeness (QED) is 0.109. The molecular weight excluding hydrogens is 481 g/mol. The Morgan fingerprint density at radius 2 is 1.47 bits per heavy atom. The van der Waals surface area contributed by atoms with Gasteiger partial charge in [-0.25, -0.2) is 0 Å². The van der Waals surface area contributed by atoms with Gasteiger partial charge in [0.05, 0.1) is 6.61 Å². The summed E-state index contributed by atoms with van der Waals surface area (Å²) in [7, 11) is 7.94. The molecule has 0 amide bonds. The molecule has 0 N–H and O–H groups in total. The lowest BCUT2D eigenvalue weighted by Crippen LogP contribution is -2.30. The van der Waals surface area contributed by atoms with E-state index in [1.54, 1.807) is 0 Å². The van der Waals surface area contributed by atoms with Crippen LogP contribution in [-0.2, 0) is 19.1 Å². The van der Waals surface area contributed by atoms with E-state index in [0.29, 0.717) is 19.4 Å². The van der Waals surface area contributed by atoms with Crippen molar-refractivity contribution < 1.29 is 19.1 Å². The zero-order valence-electron chi connectivity index (χ0n) is 19.9. The molecule has 8 heteroatoms. The highest BCUT2D eigenvalue weighted by molar-refractivity contribution is 8.77. The molecule has 2 aliphatic heterocycles. The highest BCUT2D eigenvalue weighted by Crippen LogP contribution is 2.40. The Labute approximate surface area is 211 Å². The Morgan fingerprint density at radius 1 is 0.875 bits per heavy atom. The number of hydrogen-bond donors (Lipinski definition) is 0. The van der Waals surface area contributed by atoms with Crippen LogP contribution in [0.2, 0.25) is 0 Å². The van der Waals surface area contributed by atoms with E-state index in [4.69, 9.17) is 9.47 Å². The lowest BCUT2D eigenvalue weighted by atomic mass is 9.96. The van der Waals surface area contributed by atoms with Crippen molar-refractivity contribution >= 4 is 55.1 Å². The van der Waals surface area contributed by atoms with Crippen LogP contribution in [0.1, 0.15) is 97.3 Å². The van der Waals surface area contributed by atoms with Crippen LogP contribution >= 0.6 is 43.2 Å². The number of carbonyl (C=O) groups is 2. The van der Waals surface area contributed by atoms with Crippen LogP contribution in [0.4, 0.5) is 0 Å². The summed E-state index contributed by atoms with van der Waals surface area (Å²) in [6, 6.07) is 0. The number of carbonyl (C=O) groups excluding carboxylic acids is 2. The molecule has 0 bridgehead atoms. The molecule has 0 saturated carbocycles. The molecule has 32 heavy (non-hydrogen) atoms. The van der Waals surface area contributed by atoms with E-state index in [1.165, 1.54) is 37.2 Å². The van der Waals surface area contributed by atoms with Crippen LogP contribution in [0, 0.1) is 5.92 Å². The maximum absolute atomic E-state index is 12.4. The van der Waals surface area contributed by atoms with Gasteiger partial charge in [0.2, 0.25) is 0 Å². The van der Waals surface area contributed by atoms with Crippen molar-refractivity contribution in [3.05, 3.63) is 0 Å². The van der Waals surface area contributed by atoms with Crippen molar-refractivity contribution in [2.24, 2.45) is 5.92 Å². The lowest BCUT2D eigenvalue weighted by Gasteiger charge is -2.26. The first-order valence-corrected chi connectivity index (χ1v) is 17.3. The Hall–Kier alpha value is 0.340. The zero-order valence-corrected chi connectivity index (χ0v) is 23.2. The summed E-state index contributed by atoms with van der Waals surface area (Å²) < 4.78 is 11.4. The van der Waals surface area contributed by atoms with E-state index in [-0.39, 0.29) is 24.0 Å². The summed E-state index contributed by atoms with van der Waals surface area (Å²) in [6.07, 6.45) is 12.5. The van der Waals surface area contributed by atoms with Crippen molar-refractivity contribution in [2.45, 2.75) is 114 Å². The van der Waals surface area contributed by atoms with E-state index in [9.17, 15) is 9.59 Å². The van der Waals surface area contributed by atoms with Gasteiger partial charge in [-0.1, -0.05) is 76.3 Å². The summed E-state index contributed by atoms with van der Waals surface area (Å²) in [4.78, 5) is 24.6. The number of hydrogen-bond acceptors (Lipinski definition) is 8. The molecule has 2 rings (SSSR count). The third kappa shape index (κ3) is 12.2. The molecule has 2 aliphatic rings. The number of rotatable bonds is 17. The molecule has 2 saturated heterocycles. The predicted octanol–water partition coefficient (Wildman–Crippen LogP) is 7.70. The normalized spacial score (nSPS) is 22.6. The van der Waals surface area contributed by atoms with Crippen LogP contribution < -0.4 is 0 Å². The van der Waals surface area contributed by atoms with Crippen LogP contribution in [0.25, 0.3) is 0 Å². The minimum Gasteiger partial charge on any atom is -0.465 e. The molecule has 2 heterocycles. The van der Waals surface area contributed by atoms with Crippen molar-refractivity contribution in [3.8, 4) is 0 Å². The second-order valence-electron chi connectivity index (χ2n) is 8.82. The Kier molecular flexibility index (Phi) is 15.8. The molecule has 4 nitrogen and oxygen atoms in total. The fourth-order valence-corrected chi connectivity index (χ4v) is 10.1. The van der Waals surface area contributed by atoms with E-state index >= 15 is 0 Å². The molecule has 0 radical (unpaired) electrons. The molecule has 2 fully saturated rings. The molecule has 0 aliphatic carbocycles. The first-order chi connectivity index (χ1) is 15.6. The summed E-state index contributed by atoms with van der Waals surface area (Å²) in [5.74, 6) is 2.41. The largest absolute Gasteiger partial charge is 0.465 e. The minimum atomic E-state index is -0.149. The molecule has 0 aromatic rings. The van der Waals surface area contributed by atoms with Crippen LogP contribution in [0.5, 0.6) is 0 Å². The van der Waals surface area contributed by atoms with Crippen LogP contribution in [0.15, 0.2) is 0 Å². The van der Waals surface area contributed by atoms with Crippen LogP contribution in [0.3, 0.4) is 0 Å². The van der Waals surface area contributed by atoms with E-state index in [2.05, 4.69) is 13.8 Å². The third-order valence-corrected chi connectivity index (χ3v) is 12.1. The smallest absolute Gasteiger partial charge is 0.306 e. The molecule has 186 valence electrons. The Morgan fingerprint density at radius 3 is 1.97 bits per heavy atom.